The third-order valence-corrected chi connectivity index (χ3v) is 2.23. The minimum atomic E-state index is -0.222. The van der Waals surface area contributed by atoms with Gasteiger partial charge in [0.25, 0.3) is 5.56 Å². The highest BCUT2D eigenvalue weighted by atomic mass is 32.1. The second-order valence-corrected chi connectivity index (χ2v) is 3.81. The van der Waals surface area contributed by atoms with E-state index in [0.717, 1.165) is 11.3 Å². The van der Waals surface area contributed by atoms with E-state index < -0.39 is 0 Å². The molecule has 0 saturated heterocycles. The van der Waals surface area contributed by atoms with Gasteiger partial charge in [-0.05, 0) is 30.4 Å². The van der Waals surface area contributed by atoms with Crippen LogP contribution < -0.4 is 16.6 Å². The average molecular weight is 246 g/mol. The molecular weight excluding hydrogens is 236 g/mol. The number of hydrogen-bond donors (Lipinski definition) is 3. The molecule has 0 radical (unpaired) electrons. The van der Waals surface area contributed by atoms with Crippen LogP contribution in [-0.2, 0) is 0 Å². The lowest BCUT2D eigenvalue weighted by atomic mass is 10.1. The minimum absolute atomic E-state index is 0.222. The molecule has 2 aromatic rings. The van der Waals surface area contributed by atoms with Gasteiger partial charge in [0.1, 0.15) is 0 Å². The molecule has 0 aliphatic rings. The topological polar surface area (TPSA) is 83.8 Å². The third-order valence-electron chi connectivity index (χ3n) is 2.13. The zero-order valence-electron chi connectivity index (χ0n) is 8.81. The summed E-state index contributed by atoms with van der Waals surface area (Å²) >= 11 is 4.73. The first-order valence-electron chi connectivity index (χ1n) is 4.88. The molecule has 5 nitrogen and oxygen atoms in total. The maximum absolute atomic E-state index is 10.9. The lowest BCUT2D eigenvalue weighted by molar-refractivity contribution is 0.995. The van der Waals surface area contributed by atoms with Crippen LogP contribution in [0.4, 0.5) is 5.69 Å². The largest absolute Gasteiger partial charge is 0.376 e. The molecule has 0 amide bonds. The normalized spacial score (nSPS) is 9.88. The number of nitrogens with zero attached hydrogens (tertiary/aromatic N) is 1. The summed E-state index contributed by atoms with van der Waals surface area (Å²) in [6.07, 6.45) is 0. The summed E-state index contributed by atoms with van der Waals surface area (Å²) in [5, 5.41) is 9.36. The van der Waals surface area contributed by atoms with E-state index in [1.807, 2.05) is 24.3 Å². The molecule has 0 aliphatic carbocycles. The number of aromatic nitrogens is 2. The fourth-order valence-corrected chi connectivity index (χ4v) is 1.49. The van der Waals surface area contributed by atoms with Crippen LogP contribution in [0.3, 0.4) is 0 Å². The predicted octanol–water partition coefficient (Wildman–Crippen LogP) is 1.09. The SMILES string of the molecule is NC(=S)Nc1ccc(-c2ccc(=O)[nH]n2)cc1. The van der Waals surface area contributed by atoms with Crippen molar-refractivity contribution < 1.29 is 0 Å². The Morgan fingerprint density at radius 1 is 1.24 bits per heavy atom. The lowest BCUT2D eigenvalue weighted by Crippen LogP contribution is -2.18. The molecule has 2 rings (SSSR count). The molecular formula is C11H10N4OS. The molecule has 86 valence electrons. The van der Waals surface area contributed by atoms with E-state index in [1.54, 1.807) is 6.07 Å². The Morgan fingerprint density at radius 3 is 2.47 bits per heavy atom. The van der Waals surface area contributed by atoms with Crippen LogP contribution in [0.5, 0.6) is 0 Å². The summed E-state index contributed by atoms with van der Waals surface area (Å²) < 4.78 is 0. The quantitative estimate of drug-likeness (QED) is 0.691. The highest BCUT2D eigenvalue weighted by molar-refractivity contribution is 7.80. The number of nitrogens with one attached hydrogen (secondary N) is 2. The summed E-state index contributed by atoms with van der Waals surface area (Å²) in [7, 11) is 0. The summed E-state index contributed by atoms with van der Waals surface area (Å²) in [5.74, 6) is 0. The van der Waals surface area contributed by atoms with Gasteiger partial charge < -0.3 is 11.1 Å². The molecule has 1 aromatic heterocycles. The Kier molecular flexibility index (Phi) is 3.15. The van der Waals surface area contributed by atoms with Gasteiger partial charge in [0.2, 0.25) is 0 Å². The van der Waals surface area contributed by atoms with E-state index in [2.05, 4.69) is 15.5 Å². The molecule has 1 aromatic carbocycles. The van der Waals surface area contributed by atoms with Crippen molar-refractivity contribution in [3.63, 3.8) is 0 Å². The summed E-state index contributed by atoms with van der Waals surface area (Å²) in [5.41, 5.74) is 7.55. The van der Waals surface area contributed by atoms with Crippen molar-refractivity contribution in [2.75, 3.05) is 5.32 Å². The molecule has 0 unspecified atom stereocenters. The lowest BCUT2D eigenvalue weighted by Gasteiger charge is -2.04. The number of aromatic amines is 1. The molecule has 0 atom stereocenters. The van der Waals surface area contributed by atoms with E-state index in [9.17, 15) is 4.79 Å². The van der Waals surface area contributed by atoms with Crippen molar-refractivity contribution >= 4 is 23.0 Å². The first-order valence-corrected chi connectivity index (χ1v) is 5.28. The molecule has 0 spiro atoms. The fraction of sp³-hybridized carbons (Fsp3) is 0. The molecule has 4 N–H and O–H groups in total. The second-order valence-electron chi connectivity index (χ2n) is 3.37. The standard InChI is InChI=1S/C11H10N4OS/c12-11(17)13-8-3-1-7(2-4-8)9-5-6-10(16)15-14-9/h1-6H,(H,15,16)(H3,12,13,17). The average Bonchev–Trinajstić information content (AvgIpc) is 2.30. The van der Waals surface area contributed by atoms with E-state index in [-0.39, 0.29) is 10.7 Å². The Hall–Kier alpha value is -2.21. The van der Waals surface area contributed by atoms with Gasteiger partial charge in [-0.2, -0.15) is 5.10 Å². The van der Waals surface area contributed by atoms with Gasteiger partial charge >= 0.3 is 0 Å². The van der Waals surface area contributed by atoms with Crippen LogP contribution in [0, 0.1) is 0 Å². The monoisotopic (exact) mass is 246 g/mol. The summed E-state index contributed by atoms with van der Waals surface area (Å²) in [6, 6.07) is 10.5. The third kappa shape index (κ3) is 2.88. The predicted molar refractivity (Wildman–Crippen MR) is 70.7 cm³/mol. The Morgan fingerprint density at radius 2 is 1.94 bits per heavy atom. The van der Waals surface area contributed by atoms with E-state index in [0.29, 0.717) is 5.69 Å². The molecule has 0 aliphatic heterocycles. The van der Waals surface area contributed by atoms with Crippen LogP contribution in [-0.4, -0.2) is 15.3 Å². The highest BCUT2D eigenvalue weighted by Gasteiger charge is 1.99. The van der Waals surface area contributed by atoms with E-state index >= 15 is 0 Å². The summed E-state index contributed by atoms with van der Waals surface area (Å²) in [6.45, 7) is 0. The van der Waals surface area contributed by atoms with Crippen molar-refractivity contribution in [2.24, 2.45) is 5.73 Å². The molecule has 17 heavy (non-hydrogen) atoms. The van der Waals surface area contributed by atoms with Crippen LogP contribution in [0.1, 0.15) is 0 Å². The van der Waals surface area contributed by atoms with Gasteiger partial charge in [0.05, 0.1) is 5.69 Å². The smallest absolute Gasteiger partial charge is 0.264 e. The van der Waals surface area contributed by atoms with E-state index in [4.69, 9.17) is 18.0 Å². The molecule has 1 heterocycles. The number of rotatable bonds is 2. The van der Waals surface area contributed by atoms with Crippen molar-refractivity contribution in [2.45, 2.75) is 0 Å². The number of benzene rings is 1. The van der Waals surface area contributed by atoms with Gasteiger partial charge in [-0.3, -0.25) is 4.79 Å². The Bertz CT molecular complexity index is 571. The Labute approximate surface area is 103 Å². The van der Waals surface area contributed by atoms with Crippen molar-refractivity contribution in [3.8, 4) is 11.3 Å². The zero-order valence-corrected chi connectivity index (χ0v) is 9.62. The van der Waals surface area contributed by atoms with Crippen LogP contribution in [0.2, 0.25) is 0 Å². The fourth-order valence-electron chi connectivity index (χ4n) is 1.37. The first kappa shape index (κ1) is 11.3. The van der Waals surface area contributed by atoms with Gasteiger partial charge in [0, 0.05) is 17.3 Å². The van der Waals surface area contributed by atoms with Crippen LogP contribution in [0.15, 0.2) is 41.2 Å². The van der Waals surface area contributed by atoms with Gasteiger partial charge in [-0.25, -0.2) is 5.10 Å². The number of hydrogen-bond acceptors (Lipinski definition) is 3. The van der Waals surface area contributed by atoms with Gasteiger partial charge in [0.15, 0.2) is 5.11 Å². The van der Waals surface area contributed by atoms with Crippen molar-refractivity contribution in [3.05, 3.63) is 46.8 Å². The molecule has 0 fully saturated rings. The van der Waals surface area contributed by atoms with Gasteiger partial charge in [-0.1, -0.05) is 12.1 Å². The number of nitrogens with two attached hydrogens (primary N) is 1. The molecule has 0 saturated carbocycles. The second kappa shape index (κ2) is 4.75. The first-order chi connectivity index (χ1) is 8.15. The number of anilines is 1. The van der Waals surface area contributed by atoms with E-state index in [1.165, 1.54) is 6.07 Å². The summed E-state index contributed by atoms with van der Waals surface area (Å²) in [4.78, 5) is 10.9. The van der Waals surface area contributed by atoms with Gasteiger partial charge in [-0.15, -0.1) is 0 Å². The Balaban J connectivity index is 2.26. The molecule has 6 heteroatoms. The van der Waals surface area contributed by atoms with Crippen molar-refractivity contribution in [1.29, 1.82) is 0 Å². The number of H-pyrrole nitrogens is 1. The highest BCUT2D eigenvalue weighted by Crippen LogP contribution is 2.17. The van der Waals surface area contributed by atoms with Crippen molar-refractivity contribution in [1.82, 2.24) is 10.2 Å². The zero-order chi connectivity index (χ0) is 12.3. The maximum Gasteiger partial charge on any atom is 0.264 e. The van der Waals surface area contributed by atoms with Crippen LogP contribution >= 0.6 is 12.2 Å². The minimum Gasteiger partial charge on any atom is -0.376 e. The maximum atomic E-state index is 10.9. The molecule has 0 bridgehead atoms. The number of thiocarbonyl (C=S) groups is 1. The van der Waals surface area contributed by atoms with Crippen LogP contribution in [0.25, 0.3) is 11.3 Å².